The molecule has 0 aliphatic rings. The normalized spacial score (nSPS) is 10.7. The highest BCUT2D eigenvalue weighted by atomic mass is 32.1. The molecule has 0 unspecified atom stereocenters. The van der Waals surface area contributed by atoms with Crippen LogP contribution in [0.5, 0.6) is 0 Å². The number of hydrogen-bond donors (Lipinski definition) is 1. The Hall–Kier alpha value is -3.03. The number of rotatable bonds is 6. The maximum Gasteiger partial charge on any atom is 0.312 e. The fraction of sp³-hybridized carbons (Fsp3) is 0.0952. The number of anilines is 1. The van der Waals surface area contributed by atoms with Crippen LogP contribution < -0.4 is 5.32 Å². The zero-order chi connectivity index (χ0) is 19.3. The van der Waals surface area contributed by atoms with Crippen LogP contribution in [-0.2, 0) is 20.7 Å². The van der Waals surface area contributed by atoms with Gasteiger partial charge < -0.3 is 10.1 Å². The maximum absolute atomic E-state index is 12.1. The third-order valence-corrected chi connectivity index (χ3v) is 5.94. The molecular weight excluding hydrogens is 392 g/mol. The molecule has 0 spiro atoms. The molecule has 140 valence electrons. The Balaban J connectivity index is 1.28. The van der Waals surface area contributed by atoms with E-state index in [0.717, 1.165) is 20.7 Å². The van der Waals surface area contributed by atoms with Crippen LogP contribution in [0.15, 0.2) is 65.4 Å². The van der Waals surface area contributed by atoms with E-state index in [4.69, 9.17) is 4.74 Å². The highest BCUT2D eigenvalue weighted by molar-refractivity contribution is 7.20. The zero-order valence-corrected chi connectivity index (χ0v) is 16.4. The molecule has 0 radical (unpaired) electrons. The van der Waals surface area contributed by atoms with E-state index < -0.39 is 5.97 Å². The number of carbonyl (C=O) groups excluding carboxylic acids is 2. The number of nitrogens with zero attached hydrogens (tertiary/aromatic N) is 1. The average Bonchev–Trinajstić information content (AvgIpc) is 3.38. The fourth-order valence-corrected chi connectivity index (χ4v) is 4.34. The Kier molecular flexibility index (Phi) is 5.45. The summed E-state index contributed by atoms with van der Waals surface area (Å²) in [4.78, 5) is 29.6. The van der Waals surface area contributed by atoms with Gasteiger partial charge in [0.1, 0.15) is 5.01 Å². The van der Waals surface area contributed by atoms with Gasteiger partial charge in [0, 0.05) is 11.1 Å². The van der Waals surface area contributed by atoms with Crippen molar-refractivity contribution in [3.8, 4) is 9.88 Å². The van der Waals surface area contributed by atoms with Crippen LogP contribution in [0.3, 0.4) is 0 Å². The summed E-state index contributed by atoms with van der Waals surface area (Å²) in [6, 6.07) is 17.5. The molecule has 0 fully saturated rings. The standard InChI is InChI=1S/C21H16N2O3S2/c24-19(22-16-8-7-14-4-1-2-5-15(14)10-16)12-26-20(25)11-17-13-28-21(23-17)18-6-3-9-27-18/h1-10,13H,11-12H2,(H,22,24). The van der Waals surface area contributed by atoms with Gasteiger partial charge in [-0.3, -0.25) is 9.59 Å². The molecule has 4 rings (SSSR count). The summed E-state index contributed by atoms with van der Waals surface area (Å²) in [7, 11) is 0. The van der Waals surface area contributed by atoms with Crippen molar-refractivity contribution in [1.29, 1.82) is 0 Å². The molecule has 5 nitrogen and oxygen atoms in total. The van der Waals surface area contributed by atoms with Gasteiger partial charge in [-0.2, -0.15) is 0 Å². The van der Waals surface area contributed by atoms with Crippen LogP contribution >= 0.6 is 22.7 Å². The second-order valence-corrected chi connectivity index (χ2v) is 7.87. The molecule has 1 N–H and O–H groups in total. The van der Waals surface area contributed by atoms with Gasteiger partial charge in [-0.1, -0.05) is 36.4 Å². The van der Waals surface area contributed by atoms with Gasteiger partial charge in [-0.05, 0) is 34.4 Å². The highest BCUT2D eigenvalue weighted by Gasteiger charge is 2.12. The first-order valence-electron chi connectivity index (χ1n) is 8.60. The van der Waals surface area contributed by atoms with Crippen molar-refractivity contribution in [2.45, 2.75) is 6.42 Å². The number of esters is 1. The first-order chi connectivity index (χ1) is 13.7. The first-order valence-corrected chi connectivity index (χ1v) is 10.4. The Morgan fingerprint density at radius 1 is 1.00 bits per heavy atom. The van der Waals surface area contributed by atoms with Crippen molar-refractivity contribution in [3.05, 3.63) is 71.1 Å². The van der Waals surface area contributed by atoms with E-state index in [-0.39, 0.29) is 18.9 Å². The molecule has 0 saturated carbocycles. The van der Waals surface area contributed by atoms with Gasteiger partial charge in [0.15, 0.2) is 6.61 Å². The molecule has 0 aliphatic heterocycles. The summed E-state index contributed by atoms with van der Waals surface area (Å²) in [5.41, 5.74) is 1.31. The number of aromatic nitrogens is 1. The molecule has 2 heterocycles. The summed E-state index contributed by atoms with van der Waals surface area (Å²) >= 11 is 3.09. The summed E-state index contributed by atoms with van der Waals surface area (Å²) < 4.78 is 5.08. The topological polar surface area (TPSA) is 68.3 Å². The average molecular weight is 409 g/mol. The monoisotopic (exact) mass is 408 g/mol. The van der Waals surface area contributed by atoms with Crippen LogP contribution in [0.4, 0.5) is 5.69 Å². The molecular formula is C21H16N2O3S2. The number of benzene rings is 2. The third-order valence-electron chi connectivity index (χ3n) is 4.01. The van der Waals surface area contributed by atoms with Gasteiger partial charge in [0.2, 0.25) is 0 Å². The number of carbonyl (C=O) groups is 2. The van der Waals surface area contributed by atoms with Gasteiger partial charge >= 0.3 is 5.97 Å². The number of nitrogens with one attached hydrogen (secondary N) is 1. The quantitative estimate of drug-likeness (QED) is 0.468. The van der Waals surface area contributed by atoms with E-state index in [1.165, 1.54) is 11.3 Å². The highest BCUT2D eigenvalue weighted by Crippen LogP contribution is 2.28. The second kappa shape index (κ2) is 8.33. The summed E-state index contributed by atoms with van der Waals surface area (Å²) in [6.07, 6.45) is 0.0468. The van der Waals surface area contributed by atoms with E-state index >= 15 is 0 Å². The lowest BCUT2D eigenvalue weighted by Crippen LogP contribution is -2.21. The molecule has 2 aromatic heterocycles. The van der Waals surface area contributed by atoms with Crippen molar-refractivity contribution < 1.29 is 14.3 Å². The number of hydrogen-bond acceptors (Lipinski definition) is 6. The van der Waals surface area contributed by atoms with Gasteiger partial charge in [-0.15, -0.1) is 22.7 Å². The van der Waals surface area contributed by atoms with Gasteiger partial charge in [-0.25, -0.2) is 4.98 Å². The minimum atomic E-state index is -0.475. The lowest BCUT2D eigenvalue weighted by atomic mass is 10.1. The Bertz CT molecular complexity index is 1120. The number of fused-ring (bicyclic) bond motifs is 1. The largest absolute Gasteiger partial charge is 0.455 e. The maximum atomic E-state index is 12.1. The lowest BCUT2D eigenvalue weighted by molar-refractivity contribution is -0.146. The number of amides is 1. The molecule has 28 heavy (non-hydrogen) atoms. The summed E-state index contributed by atoms with van der Waals surface area (Å²) in [6.45, 7) is -0.326. The van der Waals surface area contributed by atoms with E-state index in [1.807, 2.05) is 65.4 Å². The second-order valence-electron chi connectivity index (χ2n) is 6.07. The van der Waals surface area contributed by atoms with Crippen LogP contribution in [0.25, 0.3) is 20.7 Å². The minimum Gasteiger partial charge on any atom is -0.455 e. The first kappa shape index (κ1) is 18.3. The SMILES string of the molecule is O=C(COC(=O)Cc1csc(-c2cccs2)n1)Nc1ccc2ccccc2c1. The Morgan fingerprint density at radius 2 is 1.86 bits per heavy atom. The van der Waals surface area contributed by atoms with Gasteiger partial charge in [0.05, 0.1) is 17.0 Å². The van der Waals surface area contributed by atoms with Gasteiger partial charge in [0.25, 0.3) is 5.91 Å². The van der Waals surface area contributed by atoms with Crippen LogP contribution in [0, 0.1) is 0 Å². The van der Waals surface area contributed by atoms with Crippen LogP contribution in [0.2, 0.25) is 0 Å². The molecule has 0 bridgehead atoms. The molecule has 7 heteroatoms. The predicted molar refractivity (Wildman–Crippen MR) is 113 cm³/mol. The van der Waals surface area contributed by atoms with Crippen molar-refractivity contribution >= 4 is 51.0 Å². The zero-order valence-electron chi connectivity index (χ0n) is 14.8. The van der Waals surface area contributed by atoms with Crippen molar-refractivity contribution in [1.82, 2.24) is 4.98 Å². The van der Waals surface area contributed by atoms with E-state index in [0.29, 0.717) is 11.4 Å². The summed E-state index contributed by atoms with van der Waals surface area (Å²) in [5, 5.41) is 9.58. The van der Waals surface area contributed by atoms with E-state index in [1.54, 1.807) is 11.3 Å². The van der Waals surface area contributed by atoms with Crippen molar-refractivity contribution in [2.24, 2.45) is 0 Å². The summed E-state index contributed by atoms with van der Waals surface area (Å²) in [5.74, 6) is -0.849. The van der Waals surface area contributed by atoms with Crippen LogP contribution in [-0.4, -0.2) is 23.5 Å². The number of ether oxygens (including phenoxy) is 1. The fourth-order valence-electron chi connectivity index (χ4n) is 2.71. The number of thiazole rings is 1. The molecule has 4 aromatic rings. The molecule has 0 aliphatic carbocycles. The van der Waals surface area contributed by atoms with E-state index in [9.17, 15) is 9.59 Å². The van der Waals surface area contributed by atoms with E-state index in [2.05, 4.69) is 10.3 Å². The Labute approximate surface area is 169 Å². The predicted octanol–water partition coefficient (Wildman–Crippen LogP) is 4.75. The lowest BCUT2D eigenvalue weighted by Gasteiger charge is -2.07. The molecule has 2 aromatic carbocycles. The molecule has 0 atom stereocenters. The molecule has 0 saturated heterocycles. The smallest absolute Gasteiger partial charge is 0.312 e. The minimum absolute atomic E-state index is 0.0468. The Morgan fingerprint density at radius 3 is 2.68 bits per heavy atom. The van der Waals surface area contributed by atoms with Crippen molar-refractivity contribution in [2.75, 3.05) is 11.9 Å². The molecule has 1 amide bonds. The number of thiophene rings is 1. The third kappa shape index (κ3) is 4.44. The van der Waals surface area contributed by atoms with Crippen molar-refractivity contribution in [3.63, 3.8) is 0 Å². The van der Waals surface area contributed by atoms with Crippen LogP contribution in [0.1, 0.15) is 5.69 Å².